The highest BCUT2D eigenvalue weighted by Gasteiger charge is 2.10. The summed E-state index contributed by atoms with van der Waals surface area (Å²) in [7, 11) is 0. The molecule has 0 saturated heterocycles. The van der Waals surface area contributed by atoms with E-state index in [0.717, 1.165) is 0 Å². The summed E-state index contributed by atoms with van der Waals surface area (Å²) in [4.78, 5) is 0. The molecular formula is C9H15S+. The lowest BCUT2D eigenvalue weighted by atomic mass is 10.2. The summed E-state index contributed by atoms with van der Waals surface area (Å²) in [5.41, 5.74) is 0. The molecule has 0 aliphatic carbocycles. The van der Waals surface area contributed by atoms with Crippen molar-refractivity contribution in [2.45, 2.75) is 18.6 Å². The predicted octanol–water partition coefficient (Wildman–Crippen LogP) is 2.07. The van der Waals surface area contributed by atoms with E-state index in [4.69, 9.17) is 0 Å². The van der Waals surface area contributed by atoms with Gasteiger partial charge in [0.1, 0.15) is 4.75 Å². The zero-order valence-electron chi connectivity index (χ0n) is 6.59. The summed E-state index contributed by atoms with van der Waals surface area (Å²) in [6.45, 7) is 7.73. The highest BCUT2D eigenvalue weighted by atomic mass is 32.1. The third-order valence-electron chi connectivity index (χ3n) is 0.871. The molecule has 1 heteroatoms. The van der Waals surface area contributed by atoms with Crippen molar-refractivity contribution in [3.8, 4) is 0 Å². The van der Waals surface area contributed by atoms with Crippen molar-refractivity contribution in [1.82, 2.24) is 0 Å². The van der Waals surface area contributed by atoms with Gasteiger partial charge in [-0.25, -0.2) is 0 Å². The van der Waals surface area contributed by atoms with Gasteiger partial charge in [-0.1, -0.05) is 30.9 Å². The second-order valence-corrected chi connectivity index (χ2v) is 3.99. The fraction of sp³-hybridized carbons (Fsp3) is 0.333. The molecule has 0 fully saturated rings. The molecule has 0 spiro atoms. The molecule has 0 rings (SSSR count). The van der Waals surface area contributed by atoms with E-state index >= 15 is 0 Å². The van der Waals surface area contributed by atoms with Gasteiger partial charge in [0.25, 0.3) is 0 Å². The predicted molar refractivity (Wildman–Crippen MR) is 52.7 cm³/mol. The molecule has 0 heterocycles. The molecule has 0 unspecified atom stereocenters. The molecule has 0 bridgehead atoms. The van der Waals surface area contributed by atoms with Gasteiger partial charge in [0.05, 0.1) is 0 Å². The molecule has 0 aromatic heterocycles. The Bertz CT molecular complexity index is 147. The van der Waals surface area contributed by atoms with E-state index in [0.29, 0.717) is 0 Å². The zero-order chi connectivity index (χ0) is 8.04. The molecule has 0 atom stereocenters. The third-order valence-corrected chi connectivity index (χ3v) is 1.04. The van der Waals surface area contributed by atoms with Crippen molar-refractivity contribution in [3.63, 3.8) is 0 Å². The van der Waals surface area contributed by atoms with Gasteiger partial charge < -0.3 is 0 Å². The maximum absolute atomic E-state index is 3.56. The topological polar surface area (TPSA) is 0 Å². The molecule has 0 aliphatic heterocycles. The summed E-state index contributed by atoms with van der Waals surface area (Å²) < 4.78 is 0.0888. The highest BCUT2D eigenvalue weighted by molar-refractivity contribution is 7.60. The van der Waals surface area contributed by atoms with E-state index in [9.17, 15) is 0 Å². The number of rotatable bonds is 3. The molecule has 0 nitrogen and oxygen atoms in total. The lowest BCUT2D eigenvalue weighted by Crippen LogP contribution is -2.09. The van der Waals surface area contributed by atoms with E-state index in [-0.39, 0.29) is 4.75 Å². The van der Waals surface area contributed by atoms with Crippen LogP contribution in [-0.4, -0.2) is 4.75 Å². The van der Waals surface area contributed by atoms with Crippen LogP contribution >= 0.6 is 0 Å². The molecule has 0 aromatic rings. The van der Waals surface area contributed by atoms with Gasteiger partial charge in [0.15, 0.2) is 0 Å². The Morgan fingerprint density at radius 1 is 1.20 bits per heavy atom. The van der Waals surface area contributed by atoms with Crippen LogP contribution in [-0.2, 0) is 12.6 Å². The van der Waals surface area contributed by atoms with Gasteiger partial charge in [-0.15, -0.1) is 0 Å². The van der Waals surface area contributed by atoms with Gasteiger partial charge in [-0.2, -0.15) is 0 Å². The Morgan fingerprint density at radius 2 is 1.80 bits per heavy atom. The lowest BCUT2D eigenvalue weighted by molar-refractivity contribution is 0.906. The van der Waals surface area contributed by atoms with E-state index in [1.54, 1.807) is 6.08 Å². The summed E-state index contributed by atoms with van der Waals surface area (Å²) in [5.74, 6) is 0. The van der Waals surface area contributed by atoms with Crippen LogP contribution in [0, 0.1) is 0 Å². The van der Waals surface area contributed by atoms with Crippen LogP contribution in [0.3, 0.4) is 0 Å². The SMILES string of the molecule is C=C/C=C\C=C\C(C)(C)[SH2+]. The van der Waals surface area contributed by atoms with Gasteiger partial charge >= 0.3 is 0 Å². The number of allylic oxidation sites excluding steroid dienone is 4. The van der Waals surface area contributed by atoms with Crippen LogP contribution in [0.15, 0.2) is 37.0 Å². The molecule has 0 aromatic carbocycles. The average molecular weight is 155 g/mol. The molecule has 0 radical (unpaired) electrons. The minimum atomic E-state index is 0.0888. The van der Waals surface area contributed by atoms with Crippen LogP contribution in [0.2, 0.25) is 0 Å². The van der Waals surface area contributed by atoms with Crippen LogP contribution in [0.1, 0.15) is 13.8 Å². The van der Waals surface area contributed by atoms with Crippen LogP contribution < -0.4 is 0 Å². The standard InChI is InChI=1S/C9H14S/c1-4-5-6-7-8-9(2,3)10/h4-8,10H,1H2,2-3H3/p+1/b6-5-,8-7+. The summed E-state index contributed by atoms with van der Waals surface area (Å²) >= 11 is 3.53. The number of hydrogen-bond acceptors (Lipinski definition) is 0. The summed E-state index contributed by atoms with van der Waals surface area (Å²) in [5, 5.41) is 0. The Hall–Kier alpha value is -0.430. The summed E-state index contributed by atoms with van der Waals surface area (Å²) in [6, 6.07) is 0. The van der Waals surface area contributed by atoms with Crippen molar-refractivity contribution < 1.29 is 0 Å². The van der Waals surface area contributed by atoms with Gasteiger partial charge in [0.2, 0.25) is 0 Å². The average Bonchev–Trinajstić information content (AvgIpc) is 1.78. The molecular weight excluding hydrogens is 140 g/mol. The first-order valence-electron chi connectivity index (χ1n) is 3.28. The summed E-state index contributed by atoms with van der Waals surface area (Å²) in [6.07, 6.45) is 9.67. The quantitative estimate of drug-likeness (QED) is 0.432. The van der Waals surface area contributed by atoms with Gasteiger partial charge in [-0.3, -0.25) is 0 Å². The lowest BCUT2D eigenvalue weighted by Gasteiger charge is -2.00. The minimum Gasteiger partial charge on any atom is -0.0991 e. The van der Waals surface area contributed by atoms with E-state index in [1.807, 2.05) is 18.2 Å². The Balaban J connectivity index is 3.77. The maximum atomic E-state index is 3.56. The van der Waals surface area contributed by atoms with Gasteiger partial charge in [0, 0.05) is 0 Å². The zero-order valence-corrected chi connectivity index (χ0v) is 7.59. The fourth-order valence-electron chi connectivity index (χ4n) is 0.439. The molecule has 0 N–H and O–H groups in total. The Kier molecular flexibility index (Phi) is 4.21. The third kappa shape index (κ3) is 7.57. The molecule has 10 heavy (non-hydrogen) atoms. The van der Waals surface area contributed by atoms with E-state index in [2.05, 4.69) is 39.1 Å². The van der Waals surface area contributed by atoms with E-state index < -0.39 is 0 Å². The van der Waals surface area contributed by atoms with Crippen LogP contribution in [0.4, 0.5) is 0 Å². The Morgan fingerprint density at radius 3 is 2.20 bits per heavy atom. The number of hydrogen-bond donors (Lipinski definition) is 0. The first kappa shape index (κ1) is 9.57. The smallest absolute Gasteiger partial charge is 0.0991 e. The molecule has 0 saturated carbocycles. The van der Waals surface area contributed by atoms with Crippen molar-refractivity contribution in [2.75, 3.05) is 0 Å². The molecule has 56 valence electrons. The normalized spacial score (nSPS) is 13.1. The van der Waals surface area contributed by atoms with Crippen molar-refractivity contribution >= 4 is 12.6 Å². The minimum absolute atomic E-state index is 0.0888. The van der Waals surface area contributed by atoms with Crippen LogP contribution in [0.5, 0.6) is 0 Å². The van der Waals surface area contributed by atoms with Crippen LogP contribution in [0.25, 0.3) is 0 Å². The molecule has 0 amide bonds. The molecule has 0 aliphatic rings. The second kappa shape index (κ2) is 4.40. The monoisotopic (exact) mass is 155 g/mol. The van der Waals surface area contributed by atoms with Crippen molar-refractivity contribution in [3.05, 3.63) is 37.0 Å². The first-order valence-corrected chi connectivity index (χ1v) is 3.78. The van der Waals surface area contributed by atoms with Crippen molar-refractivity contribution in [1.29, 1.82) is 0 Å². The fourth-order valence-corrected chi connectivity index (χ4v) is 0.535. The maximum Gasteiger partial charge on any atom is 0.136 e. The van der Waals surface area contributed by atoms with E-state index in [1.165, 1.54) is 0 Å². The second-order valence-electron chi connectivity index (χ2n) is 2.70. The van der Waals surface area contributed by atoms with Crippen molar-refractivity contribution in [2.24, 2.45) is 0 Å². The largest absolute Gasteiger partial charge is 0.136 e. The first-order chi connectivity index (χ1) is 4.56. The highest BCUT2D eigenvalue weighted by Crippen LogP contribution is 2.04. The van der Waals surface area contributed by atoms with Gasteiger partial charge in [-0.05, 0) is 32.6 Å². The Labute approximate surface area is 68.7 Å².